The van der Waals surface area contributed by atoms with E-state index in [1.54, 1.807) is 0 Å². The van der Waals surface area contributed by atoms with Gasteiger partial charge in [0.05, 0.1) is 35.9 Å². The lowest BCUT2D eigenvalue weighted by atomic mass is 9.87. The van der Waals surface area contributed by atoms with E-state index in [4.69, 9.17) is 4.98 Å². The molecule has 2 heterocycles. The molecule has 3 rings (SSSR count). The predicted octanol–water partition coefficient (Wildman–Crippen LogP) is 7.27. The minimum atomic E-state index is 0.139. The third-order valence-electron chi connectivity index (χ3n) is 6.74. The van der Waals surface area contributed by atoms with Crippen LogP contribution in [-0.2, 0) is 0 Å². The van der Waals surface area contributed by atoms with Crippen molar-refractivity contribution in [3.63, 3.8) is 0 Å². The van der Waals surface area contributed by atoms with Crippen LogP contribution in [0.4, 0.5) is 0 Å². The zero-order chi connectivity index (χ0) is 24.3. The molecular formula is C28H51N3O. The first kappa shape index (κ1) is 28.8. The van der Waals surface area contributed by atoms with Gasteiger partial charge in [0, 0.05) is 6.04 Å². The fourth-order valence-corrected chi connectivity index (χ4v) is 3.67. The highest BCUT2D eigenvalue weighted by molar-refractivity contribution is 5.51. The third kappa shape index (κ3) is 9.70. The Labute approximate surface area is 198 Å². The average molecular weight is 446 g/mol. The number of rotatable bonds is 3. The summed E-state index contributed by atoms with van der Waals surface area (Å²) in [5, 5.41) is 13.2. The number of aliphatic hydroxyl groups is 1. The molecule has 32 heavy (non-hydrogen) atoms. The van der Waals surface area contributed by atoms with Crippen LogP contribution in [0.5, 0.6) is 0 Å². The molecule has 1 saturated heterocycles. The number of aromatic nitrogens is 2. The van der Waals surface area contributed by atoms with Gasteiger partial charge in [-0.15, -0.1) is 0 Å². The Kier molecular flexibility index (Phi) is 12.7. The molecular weight excluding hydrogens is 394 g/mol. The second-order valence-electron chi connectivity index (χ2n) is 11.0. The molecule has 4 nitrogen and oxygen atoms in total. The van der Waals surface area contributed by atoms with Crippen molar-refractivity contribution in [3.8, 4) is 0 Å². The lowest BCUT2D eigenvalue weighted by molar-refractivity contribution is 0.199. The minimum Gasteiger partial charge on any atom is -0.395 e. The van der Waals surface area contributed by atoms with Crippen LogP contribution in [0.15, 0.2) is 11.8 Å². The SMILES string of the molecule is C/C(=C\c1ncc(C2CCCC(C)C(CO)N2)nc1C)C(C)(C)C.CC1CCC1.CCC. The third-order valence-corrected chi connectivity index (χ3v) is 6.74. The molecule has 1 aromatic rings. The van der Waals surface area contributed by atoms with Crippen LogP contribution in [0.25, 0.3) is 6.08 Å². The van der Waals surface area contributed by atoms with Crippen LogP contribution >= 0.6 is 0 Å². The number of aryl methyl sites for hydroxylation is 1. The highest BCUT2D eigenvalue weighted by atomic mass is 16.3. The van der Waals surface area contributed by atoms with E-state index in [2.05, 4.69) is 71.8 Å². The zero-order valence-electron chi connectivity index (χ0n) is 22.5. The molecule has 0 aromatic carbocycles. The van der Waals surface area contributed by atoms with E-state index < -0.39 is 0 Å². The van der Waals surface area contributed by atoms with Crippen molar-refractivity contribution in [2.24, 2.45) is 17.3 Å². The topological polar surface area (TPSA) is 58.0 Å². The van der Waals surface area contributed by atoms with Crippen molar-refractivity contribution >= 4 is 6.08 Å². The van der Waals surface area contributed by atoms with Crippen molar-refractivity contribution in [1.29, 1.82) is 0 Å². The maximum absolute atomic E-state index is 9.62. The van der Waals surface area contributed by atoms with Crippen LogP contribution in [0, 0.1) is 24.2 Å². The molecule has 2 aliphatic rings. The quantitative estimate of drug-likeness (QED) is 0.513. The Morgan fingerprint density at radius 2 is 1.69 bits per heavy atom. The van der Waals surface area contributed by atoms with Gasteiger partial charge in [-0.1, -0.05) is 86.1 Å². The van der Waals surface area contributed by atoms with Crippen LogP contribution in [-0.4, -0.2) is 27.7 Å². The Morgan fingerprint density at radius 1 is 1.12 bits per heavy atom. The molecule has 1 aromatic heterocycles. The van der Waals surface area contributed by atoms with Gasteiger partial charge in [0.1, 0.15) is 0 Å². The van der Waals surface area contributed by atoms with E-state index in [0.717, 1.165) is 42.3 Å². The smallest absolute Gasteiger partial charge is 0.0842 e. The van der Waals surface area contributed by atoms with Crippen molar-refractivity contribution in [1.82, 2.24) is 15.3 Å². The first-order valence-corrected chi connectivity index (χ1v) is 12.9. The van der Waals surface area contributed by atoms with Crippen LogP contribution in [0.2, 0.25) is 0 Å². The fourth-order valence-electron chi connectivity index (χ4n) is 3.67. The van der Waals surface area contributed by atoms with Gasteiger partial charge in [-0.2, -0.15) is 0 Å². The summed E-state index contributed by atoms with van der Waals surface area (Å²) in [5.74, 6) is 1.56. The molecule has 1 aliphatic heterocycles. The number of nitrogens with one attached hydrogen (secondary N) is 1. The molecule has 0 spiro atoms. The number of nitrogens with zero attached hydrogens (tertiary/aromatic N) is 2. The Bertz CT molecular complexity index is 688. The van der Waals surface area contributed by atoms with Crippen LogP contribution in [0.1, 0.15) is 123 Å². The first-order valence-electron chi connectivity index (χ1n) is 12.9. The maximum atomic E-state index is 9.62. The normalized spacial score (nSPS) is 24.3. The summed E-state index contributed by atoms with van der Waals surface area (Å²) in [6.45, 7) is 19.7. The predicted molar refractivity (Wildman–Crippen MR) is 139 cm³/mol. The molecule has 1 aliphatic carbocycles. The summed E-state index contributed by atoms with van der Waals surface area (Å²) < 4.78 is 0. The second kappa shape index (κ2) is 14.1. The zero-order valence-corrected chi connectivity index (χ0v) is 22.5. The Morgan fingerprint density at radius 3 is 2.12 bits per heavy atom. The summed E-state index contributed by atoms with van der Waals surface area (Å²) in [7, 11) is 0. The van der Waals surface area contributed by atoms with E-state index >= 15 is 0 Å². The standard InChI is InChI=1S/C20H33N3O.C5H10.C3H8/c1-13-8-7-9-16(23-19(13)12-24)18-11-21-17(15(3)22-18)10-14(2)20(4,5)6;1-5-3-2-4-5;1-3-2/h10-11,13,16,19,23-24H,7-9,12H2,1-6H3;5H,2-4H2,1H3;3H2,1-2H3/b14-10+;;. The summed E-state index contributed by atoms with van der Waals surface area (Å²) in [6, 6.07) is 0.322. The highest BCUT2D eigenvalue weighted by Crippen LogP contribution is 2.29. The van der Waals surface area contributed by atoms with E-state index in [0.29, 0.717) is 5.92 Å². The largest absolute Gasteiger partial charge is 0.395 e. The number of hydrogen-bond donors (Lipinski definition) is 2. The van der Waals surface area contributed by atoms with Crippen molar-refractivity contribution in [2.45, 2.75) is 119 Å². The van der Waals surface area contributed by atoms with Crippen LogP contribution < -0.4 is 5.32 Å². The molecule has 3 atom stereocenters. The van der Waals surface area contributed by atoms with Gasteiger partial charge in [-0.25, -0.2) is 0 Å². The number of hydrogen-bond acceptors (Lipinski definition) is 4. The maximum Gasteiger partial charge on any atom is 0.0842 e. The van der Waals surface area contributed by atoms with E-state index in [-0.39, 0.29) is 24.1 Å². The van der Waals surface area contributed by atoms with E-state index in [9.17, 15) is 5.11 Å². The van der Waals surface area contributed by atoms with Crippen molar-refractivity contribution < 1.29 is 5.11 Å². The van der Waals surface area contributed by atoms with Crippen LogP contribution in [0.3, 0.4) is 0 Å². The molecule has 0 radical (unpaired) electrons. The summed E-state index contributed by atoms with van der Waals surface area (Å²) in [5.41, 5.74) is 4.35. The summed E-state index contributed by atoms with van der Waals surface area (Å²) in [4.78, 5) is 9.48. The molecule has 1 saturated carbocycles. The minimum absolute atomic E-state index is 0.139. The average Bonchev–Trinajstić information content (AvgIpc) is 2.89. The summed E-state index contributed by atoms with van der Waals surface area (Å²) >= 11 is 0. The van der Waals surface area contributed by atoms with Gasteiger partial charge >= 0.3 is 0 Å². The van der Waals surface area contributed by atoms with Gasteiger partial charge in [0.2, 0.25) is 0 Å². The summed E-state index contributed by atoms with van der Waals surface area (Å²) in [6.07, 6.45) is 13.1. The lowest BCUT2D eigenvalue weighted by Gasteiger charge is -2.24. The van der Waals surface area contributed by atoms with Gasteiger partial charge < -0.3 is 10.4 Å². The number of allylic oxidation sites excluding steroid dienone is 1. The number of aliphatic hydroxyl groups excluding tert-OH is 1. The van der Waals surface area contributed by atoms with E-state index in [1.807, 2.05) is 13.1 Å². The first-order chi connectivity index (χ1) is 15.0. The monoisotopic (exact) mass is 445 g/mol. The second-order valence-corrected chi connectivity index (χ2v) is 11.0. The molecule has 2 N–H and O–H groups in total. The molecule has 0 bridgehead atoms. The van der Waals surface area contributed by atoms with Gasteiger partial charge in [0.25, 0.3) is 0 Å². The van der Waals surface area contributed by atoms with Gasteiger partial charge in [-0.05, 0) is 50.0 Å². The molecule has 2 fully saturated rings. The lowest BCUT2D eigenvalue weighted by Crippen LogP contribution is -2.39. The molecule has 0 amide bonds. The molecule has 4 heteroatoms. The molecule has 184 valence electrons. The van der Waals surface area contributed by atoms with Gasteiger partial charge in [-0.3, -0.25) is 9.97 Å². The Balaban J connectivity index is 0.000000541. The fraction of sp³-hybridized carbons (Fsp3) is 0.786. The van der Waals surface area contributed by atoms with Gasteiger partial charge in [0.15, 0.2) is 0 Å². The van der Waals surface area contributed by atoms with Crippen molar-refractivity contribution in [3.05, 3.63) is 28.9 Å². The van der Waals surface area contributed by atoms with Crippen molar-refractivity contribution in [2.75, 3.05) is 6.61 Å². The molecule has 3 unspecified atom stereocenters. The highest BCUT2D eigenvalue weighted by Gasteiger charge is 2.26. The Hall–Kier alpha value is -1.26. The van der Waals surface area contributed by atoms with E-state index in [1.165, 1.54) is 31.3 Å².